The van der Waals surface area contributed by atoms with Gasteiger partial charge in [-0.2, -0.15) is 5.10 Å². The number of hydrogen-bond donors (Lipinski definition) is 1. The SMILES string of the molecule is CC[C@@H]1C[C@H](n2cnc(C3CC3)n2)C[C@@H]1c1nnc2cnc3[nH]ccc3n12. The second-order valence-corrected chi connectivity index (χ2v) is 7.98. The quantitative estimate of drug-likeness (QED) is 0.602. The van der Waals surface area contributed by atoms with Crippen molar-refractivity contribution in [1.29, 1.82) is 0 Å². The lowest BCUT2D eigenvalue weighted by Crippen LogP contribution is -2.10. The maximum atomic E-state index is 4.79. The third kappa shape index (κ3) is 2.32. The zero-order valence-electron chi connectivity index (χ0n) is 15.3. The highest BCUT2D eigenvalue weighted by Gasteiger charge is 2.39. The summed E-state index contributed by atoms with van der Waals surface area (Å²) in [6.45, 7) is 2.27. The fraction of sp³-hybridized carbons (Fsp3) is 0.526. The number of nitrogens with zero attached hydrogens (tertiary/aromatic N) is 7. The molecule has 2 fully saturated rings. The summed E-state index contributed by atoms with van der Waals surface area (Å²) in [7, 11) is 0. The first-order chi connectivity index (χ1) is 13.3. The van der Waals surface area contributed by atoms with E-state index in [-0.39, 0.29) is 0 Å². The summed E-state index contributed by atoms with van der Waals surface area (Å²) in [5, 5.41) is 13.8. The average Bonchev–Trinajstić information content (AvgIpc) is 3.14. The van der Waals surface area contributed by atoms with Crippen LogP contribution in [-0.4, -0.2) is 39.3 Å². The minimum Gasteiger partial charge on any atom is -0.345 e. The molecule has 27 heavy (non-hydrogen) atoms. The van der Waals surface area contributed by atoms with Crippen LogP contribution in [0.5, 0.6) is 0 Å². The molecule has 6 rings (SSSR count). The van der Waals surface area contributed by atoms with Crippen molar-refractivity contribution < 1.29 is 0 Å². The Labute approximate surface area is 156 Å². The van der Waals surface area contributed by atoms with Crippen molar-refractivity contribution in [3.05, 3.63) is 36.4 Å². The van der Waals surface area contributed by atoms with Crippen molar-refractivity contribution in [2.75, 3.05) is 0 Å². The van der Waals surface area contributed by atoms with Crippen LogP contribution in [0.1, 0.15) is 68.6 Å². The van der Waals surface area contributed by atoms with Crippen molar-refractivity contribution in [2.45, 2.75) is 56.9 Å². The highest BCUT2D eigenvalue weighted by atomic mass is 15.4. The molecule has 1 N–H and O–H groups in total. The number of nitrogens with one attached hydrogen (secondary N) is 1. The van der Waals surface area contributed by atoms with Crippen molar-refractivity contribution in [3.8, 4) is 0 Å². The summed E-state index contributed by atoms with van der Waals surface area (Å²) in [5.41, 5.74) is 2.73. The monoisotopic (exact) mass is 362 g/mol. The largest absolute Gasteiger partial charge is 0.345 e. The number of rotatable bonds is 4. The van der Waals surface area contributed by atoms with Gasteiger partial charge < -0.3 is 4.98 Å². The van der Waals surface area contributed by atoms with Crippen molar-refractivity contribution in [3.63, 3.8) is 0 Å². The topological polar surface area (TPSA) is 89.6 Å². The fourth-order valence-corrected chi connectivity index (χ4v) is 4.71. The summed E-state index contributed by atoms with van der Waals surface area (Å²) in [6, 6.07) is 2.44. The molecule has 2 aliphatic carbocycles. The van der Waals surface area contributed by atoms with E-state index in [1.165, 1.54) is 12.8 Å². The molecular formula is C19H22N8. The number of fused-ring (bicyclic) bond motifs is 3. The Bertz CT molecular complexity index is 1120. The van der Waals surface area contributed by atoms with Gasteiger partial charge in [0.1, 0.15) is 12.2 Å². The van der Waals surface area contributed by atoms with Crippen LogP contribution in [0.2, 0.25) is 0 Å². The molecular weight excluding hydrogens is 340 g/mol. The molecule has 0 saturated heterocycles. The molecule has 0 spiro atoms. The molecule has 8 heteroatoms. The Morgan fingerprint density at radius 1 is 1.19 bits per heavy atom. The highest BCUT2D eigenvalue weighted by Crippen LogP contribution is 2.47. The van der Waals surface area contributed by atoms with Crippen LogP contribution in [0.3, 0.4) is 0 Å². The van der Waals surface area contributed by atoms with Crippen LogP contribution in [0, 0.1) is 5.92 Å². The van der Waals surface area contributed by atoms with Crippen LogP contribution in [0.4, 0.5) is 0 Å². The maximum Gasteiger partial charge on any atom is 0.179 e. The number of hydrogen-bond acceptors (Lipinski definition) is 5. The van der Waals surface area contributed by atoms with Gasteiger partial charge in [-0.3, -0.25) is 4.40 Å². The Morgan fingerprint density at radius 2 is 2.11 bits per heavy atom. The van der Waals surface area contributed by atoms with Crippen molar-refractivity contribution in [2.24, 2.45) is 5.92 Å². The standard InChI is InChI=1S/C19H22N8/c1-2-11-7-13(26-10-22-17(25-26)12-3-4-12)8-14(11)19-24-23-16-9-21-18-15(27(16)19)5-6-20-18/h5-6,9-14,20H,2-4,7-8H2,1H3/t11-,13+,14+/m1/s1. The minimum atomic E-state index is 0.365. The Kier molecular flexibility index (Phi) is 3.18. The van der Waals surface area contributed by atoms with Gasteiger partial charge in [-0.05, 0) is 37.7 Å². The van der Waals surface area contributed by atoms with Gasteiger partial charge in [0.05, 0.1) is 17.8 Å². The summed E-state index contributed by atoms with van der Waals surface area (Å²) in [4.78, 5) is 12.2. The van der Waals surface area contributed by atoms with Gasteiger partial charge in [0.25, 0.3) is 0 Å². The number of aromatic nitrogens is 8. The van der Waals surface area contributed by atoms with E-state index >= 15 is 0 Å². The van der Waals surface area contributed by atoms with Crippen LogP contribution < -0.4 is 0 Å². The summed E-state index contributed by atoms with van der Waals surface area (Å²) in [5.74, 6) is 3.61. The van der Waals surface area contributed by atoms with E-state index in [4.69, 9.17) is 5.10 Å². The molecule has 8 nitrogen and oxygen atoms in total. The molecule has 0 bridgehead atoms. The van der Waals surface area contributed by atoms with Crippen molar-refractivity contribution in [1.82, 2.24) is 39.3 Å². The predicted molar refractivity (Wildman–Crippen MR) is 99.4 cm³/mol. The van der Waals surface area contributed by atoms with Gasteiger partial charge in [-0.1, -0.05) is 13.3 Å². The van der Waals surface area contributed by atoms with Gasteiger partial charge in [0.15, 0.2) is 17.1 Å². The lowest BCUT2D eigenvalue weighted by atomic mass is 9.93. The summed E-state index contributed by atoms with van der Waals surface area (Å²) < 4.78 is 4.28. The molecule has 138 valence electrons. The molecule has 2 aliphatic rings. The second kappa shape index (κ2) is 5.61. The lowest BCUT2D eigenvalue weighted by molar-refractivity contribution is 0.426. The Morgan fingerprint density at radius 3 is 2.96 bits per heavy atom. The van der Waals surface area contributed by atoms with Crippen LogP contribution in [0.25, 0.3) is 16.8 Å². The van der Waals surface area contributed by atoms with E-state index in [0.717, 1.165) is 47.7 Å². The predicted octanol–water partition coefficient (Wildman–Crippen LogP) is 3.22. The molecule has 3 atom stereocenters. The molecule has 0 aliphatic heterocycles. The third-order valence-corrected chi connectivity index (χ3v) is 6.34. The summed E-state index contributed by atoms with van der Waals surface area (Å²) in [6.07, 6.45) is 11.4. The molecule has 0 aromatic carbocycles. The van der Waals surface area contributed by atoms with Gasteiger partial charge in [0.2, 0.25) is 0 Å². The zero-order valence-corrected chi connectivity index (χ0v) is 15.3. The van der Waals surface area contributed by atoms with E-state index in [1.807, 2.05) is 12.5 Å². The van der Waals surface area contributed by atoms with Gasteiger partial charge >= 0.3 is 0 Å². The van der Waals surface area contributed by atoms with Gasteiger partial charge in [-0.25, -0.2) is 14.6 Å². The molecule has 4 aromatic rings. The van der Waals surface area contributed by atoms with Crippen LogP contribution in [-0.2, 0) is 0 Å². The smallest absolute Gasteiger partial charge is 0.179 e. The minimum absolute atomic E-state index is 0.365. The first-order valence-corrected chi connectivity index (χ1v) is 9.90. The molecule has 2 saturated carbocycles. The summed E-state index contributed by atoms with van der Waals surface area (Å²) >= 11 is 0. The normalized spacial score (nSPS) is 25.7. The van der Waals surface area contributed by atoms with Crippen molar-refractivity contribution >= 4 is 16.8 Å². The van der Waals surface area contributed by atoms with Crippen LogP contribution in [0.15, 0.2) is 24.8 Å². The van der Waals surface area contributed by atoms with Gasteiger partial charge in [-0.15, -0.1) is 10.2 Å². The van der Waals surface area contributed by atoms with E-state index < -0.39 is 0 Å². The second-order valence-electron chi connectivity index (χ2n) is 7.98. The van der Waals surface area contributed by atoms with E-state index in [1.54, 1.807) is 6.20 Å². The Hall–Kier alpha value is -2.77. The average molecular weight is 362 g/mol. The first-order valence-electron chi connectivity index (χ1n) is 9.90. The van der Waals surface area contributed by atoms with E-state index in [9.17, 15) is 0 Å². The fourth-order valence-electron chi connectivity index (χ4n) is 4.71. The molecule has 0 amide bonds. The zero-order chi connectivity index (χ0) is 18.0. The molecule has 4 aromatic heterocycles. The van der Waals surface area contributed by atoms with E-state index in [0.29, 0.717) is 23.8 Å². The molecule has 4 heterocycles. The number of H-pyrrole nitrogens is 1. The number of aromatic amines is 1. The third-order valence-electron chi connectivity index (χ3n) is 6.34. The highest BCUT2D eigenvalue weighted by molar-refractivity contribution is 5.74. The Balaban J connectivity index is 1.39. The first kappa shape index (κ1) is 15.3. The maximum absolute atomic E-state index is 4.79. The van der Waals surface area contributed by atoms with Crippen LogP contribution >= 0.6 is 0 Å². The lowest BCUT2D eigenvalue weighted by Gasteiger charge is -2.15. The van der Waals surface area contributed by atoms with E-state index in [2.05, 4.69) is 47.2 Å². The van der Waals surface area contributed by atoms with Gasteiger partial charge in [0, 0.05) is 18.0 Å². The molecule has 0 radical (unpaired) electrons. The molecule has 0 unspecified atom stereocenters.